The number of aryl methyl sites for hydroxylation is 1. The lowest BCUT2D eigenvalue weighted by Crippen LogP contribution is -2.25. The Kier molecular flexibility index (Phi) is 5.89. The molecular formula is C21H26N6O5S. The highest BCUT2D eigenvalue weighted by molar-refractivity contribution is 7.92. The predicted molar refractivity (Wildman–Crippen MR) is 126 cm³/mol. The fourth-order valence-corrected chi connectivity index (χ4v) is 3.99. The Morgan fingerprint density at radius 1 is 1.30 bits per heavy atom. The third-order valence-corrected chi connectivity index (χ3v) is 6.68. The molecule has 176 valence electrons. The standard InChI is InChI=1S/C21H26N6O5S/c1-26-21(29)18-15(10-17(23-19(18)25-26)24-20(28)13-6-7-13)22-14-8-5-12(11-32-3)9-16(14)27(2)33(4,30)31/h5,8-10,13H,6-7,11H2,1-4H3,(H3,22,23,24,25,28). The second-order valence-electron chi connectivity index (χ2n) is 8.16. The minimum atomic E-state index is -3.56. The van der Waals surface area contributed by atoms with E-state index in [-0.39, 0.29) is 28.6 Å². The third-order valence-electron chi connectivity index (χ3n) is 5.49. The summed E-state index contributed by atoms with van der Waals surface area (Å²) in [4.78, 5) is 29.4. The maximum Gasteiger partial charge on any atom is 0.277 e. The lowest BCUT2D eigenvalue weighted by molar-refractivity contribution is -0.117. The van der Waals surface area contributed by atoms with Gasteiger partial charge in [0.15, 0.2) is 5.65 Å². The van der Waals surface area contributed by atoms with Gasteiger partial charge in [-0.1, -0.05) is 6.07 Å². The number of carbonyl (C=O) groups is 1. The van der Waals surface area contributed by atoms with Gasteiger partial charge in [0.1, 0.15) is 11.2 Å². The number of rotatable bonds is 8. The minimum absolute atomic E-state index is 0.0166. The van der Waals surface area contributed by atoms with Crippen molar-refractivity contribution in [3.8, 4) is 0 Å². The van der Waals surface area contributed by atoms with Crippen molar-refractivity contribution in [2.24, 2.45) is 13.0 Å². The summed E-state index contributed by atoms with van der Waals surface area (Å²) in [6.07, 6.45) is 2.80. The van der Waals surface area contributed by atoms with E-state index < -0.39 is 10.0 Å². The van der Waals surface area contributed by atoms with Crippen LogP contribution in [0.2, 0.25) is 0 Å². The van der Waals surface area contributed by atoms with Crippen molar-refractivity contribution in [2.75, 3.05) is 35.4 Å². The normalized spacial score (nSPS) is 13.8. The van der Waals surface area contributed by atoms with Crippen LogP contribution in [0.5, 0.6) is 0 Å². The molecule has 0 atom stereocenters. The van der Waals surface area contributed by atoms with Gasteiger partial charge in [0.05, 0.1) is 29.9 Å². The summed E-state index contributed by atoms with van der Waals surface area (Å²) in [6, 6.07) is 6.80. The molecule has 0 saturated heterocycles. The number of benzene rings is 1. The van der Waals surface area contributed by atoms with Crippen LogP contribution in [-0.2, 0) is 33.2 Å². The molecule has 33 heavy (non-hydrogen) atoms. The Morgan fingerprint density at radius 3 is 2.67 bits per heavy atom. The number of aromatic amines is 1. The van der Waals surface area contributed by atoms with Crippen LogP contribution in [0.15, 0.2) is 29.1 Å². The maximum atomic E-state index is 12.7. The van der Waals surface area contributed by atoms with Gasteiger partial charge in [0.2, 0.25) is 15.9 Å². The van der Waals surface area contributed by atoms with E-state index in [1.165, 1.54) is 11.7 Å². The first-order valence-electron chi connectivity index (χ1n) is 10.3. The predicted octanol–water partition coefficient (Wildman–Crippen LogP) is 1.90. The number of methoxy groups -OCH3 is 1. The van der Waals surface area contributed by atoms with E-state index in [9.17, 15) is 18.0 Å². The second kappa shape index (κ2) is 8.52. The average Bonchev–Trinajstić information content (AvgIpc) is 3.55. The van der Waals surface area contributed by atoms with Crippen molar-refractivity contribution in [1.29, 1.82) is 0 Å². The van der Waals surface area contributed by atoms with Crippen molar-refractivity contribution < 1.29 is 17.9 Å². The minimum Gasteiger partial charge on any atom is -0.380 e. The first kappa shape index (κ1) is 22.8. The topological polar surface area (TPSA) is 138 Å². The lowest BCUT2D eigenvalue weighted by atomic mass is 10.1. The van der Waals surface area contributed by atoms with Crippen molar-refractivity contribution in [1.82, 2.24) is 14.8 Å². The summed E-state index contributed by atoms with van der Waals surface area (Å²) in [7, 11) is 1.01. The van der Waals surface area contributed by atoms with Gasteiger partial charge in [-0.25, -0.2) is 13.4 Å². The van der Waals surface area contributed by atoms with Crippen LogP contribution >= 0.6 is 0 Å². The molecule has 1 aromatic carbocycles. The molecule has 1 fully saturated rings. The number of nitrogens with zero attached hydrogens (tertiary/aromatic N) is 3. The zero-order valence-corrected chi connectivity index (χ0v) is 19.6. The van der Waals surface area contributed by atoms with Crippen molar-refractivity contribution in [3.63, 3.8) is 0 Å². The van der Waals surface area contributed by atoms with E-state index >= 15 is 0 Å². The van der Waals surface area contributed by atoms with Crippen LogP contribution in [0.4, 0.5) is 22.9 Å². The van der Waals surface area contributed by atoms with Crippen LogP contribution < -0.4 is 20.5 Å². The summed E-state index contributed by atoms with van der Waals surface area (Å²) in [5.74, 6) is 0.155. The summed E-state index contributed by atoms with van der Waals surface area (Å²) < 4.78 is 32.2. The molecule has 3 aromatic rings. The molecule has 1 aliphatic rings. The number of aromatic nitrogens is 3. The molecule has 0 unspecified atom stereocenters. The largest absolute Gasteiger partial charge is 0.380 e. The van der Waals surface area contributed by atoms with Crippen LogP contribution in [0.1, 0.15) is 18.4 Å². The Hall–Kier alpha value is -3.38. The number of anilines is 4. The molecule has 1 saturated carbocycles. The number of hydrogen-bond acceptors (Lipinski definition) is 7. The van der Waals surface area contributed by atoms with Crippen LogP contribution in [0.3, 0.4) is 0 Å². The Morgan fingerprint density at radius 2 is 2.03 bits per heavy atom. The fourth-order valence-electron chi connectivity index (χ4n) is 3.48. The average molecular weight is 475 g/mol. The van der Waals surface area contributed by atoms with E-state index in [1.807, 2.05) is 0 Å². The van der Waals surface area contributed by atoms with E-state index in [0.29, 0.717) is 29.3 Å². The van der Waals surface area contributed by atoms with Crippen molar-refractivity contribution >= 4 is 49.8 Å². The summed E-state index contributed by atoms with van der Waals surface area (Å²) in [5, 5.41) is 9.14. The zero-order valence-electron chi connectivity index (χ0n) is 18.8. The first-order valence-corrected chi connectivity index (χ1v) is 12.2. The fraction of sp³-hybridized carbons (Fsp3) is 0.381. The number of pyridine rings is 1. The van der Waals surface area contributed by atoms with Crippen LogP contribution in [0, 0.1) is 5.92 Å². The molecule has 0 spiro atoms. The Bertz CT molecular complexity index is 1390. The summed E-state index contributed by atoms with van der Waals surface area (Å²) >= 11 is 0. The van der Waals surface area contributed by atoms with Gasteiger partial charge in [-0.2, -0.15) is 0 Å². The third kappa shape index (κ3) is 4.71. The summed E-state index contributed by atoms with van der Waals surface area (Å²) in [5.41, 5.74) is 1.99. The smallest absolute Gasteiger partial charge is 0.277 e. The molecule has 11 nitrogen and oxygen atoms in total. The first-order chi connectivity index (χ1) is 15.6. The van der Waals surface area contributed by atoms with Gasteiger partial charge in [0.25, 0.3) is 5.56 Å². The molecule has 12 heteroatoms. The van der Waals surface area contributed by atoms with Crippen LogP contribution in [-0.4, -0.2) is 49.5 Å². The molecule has 2 heterocycles. The number of fused-ring (bicyclic) bond motifs is 1. The van der Waals surface area contributed by atoms with E-state index in [2.05, 4.69) is 20.7 Å². The Labute approximate surface area is 190 Å². The number of carbonyl (C=O) groups excluding carboxylic acids is 1. The molecule has 0 bridgehead atoms. The van der Waals surface area contributed by atoms with Crippen LogP contribution in [0.25, 0.3) is 11.0 Å². The van der Waals surface area contributed by atoms with E-state index in [0.717, 1.165) is 29.0 Å². The number of ether oxygens (including phenoxy) is 1. The lowest BCUT2D eigenvalue weighted by Gasteiger charge is -2.22. The molecule has 2 aromatic heterocycles. The quantitative estimate of drug-likeness (QED) is 0.453. The molecule has 3 N–H and O–H groups in total. The highest BCUT2D eigenvalue weighted by Gasteiger charge is 2.30. The van der Waals surface area contributed by atoms with E-state index in [4.69, 9.17) is 4.74 Å². The molecule has 0 radical (unpaired) electrons. The second-order valence-corrected chi connectivity index (χ2v) is 10.2. The summed E-state index contributed by atoms with van der Waals surface area (Å²) in [6.45, 7) is 0.306. The monoisotopic (exact) mass is 474 g/mol. The molecule has 0 aliphatic heterocycles. The number of amides is 1. The van der Waals surface area contributed by atoms with Gasteiger partial charge < -0.3 is 15.4 Å². The van der Waals surface area contributed by atoms with Gasteiger partial charge in [0, 0.05) is 33.2 Å². The molecule has 1 amide bonds. The SMILES string of the molecule is COCc1ccc(Nc2cc(NC(=O)C3CC3)nc3[nH]n(C)c(=O)c23)c(N(C)S(C)(=O)=O)c1. The van der Waals surface area contributed by atoms with E-state index in [1.54, 1.807) is 38.4 Å². The molecular weight excluding hydrogens is 448 g/mol. The Balaban J connectivity index is 1.82. The number of hydrogen-bond donors (Lipinski definition) is 3. The molecule has 1 aliphatic carbocycles. The van der Waals surface area contributed by atoms with Gasteiger partial charge >= 0.3 is 0 Å². The highest BCUT2D eigenvalue weighted by Crippen LogP contribution is 2.34. The van der Waals surface area contributed by atoms with Gasteiger partial charge in [-0.15, -0.1) is 0 Å². The molecule has 4 rings (SSSR count). The van der Waals surface area contributed by atoms with Gasteiger partial charge in [-0.3, -0.25) is 23.7 Å². The number of sulfonamides is 1. The maximum absolute atomic E-state index is 12.7. The van der Waals surface area contributed by atoms with Crippen molar-refractivity contribution in [2.45, 2.75) is 19.4 Å². The number of nitrogens with one attached hydrogen (secondary N) is 3. The highest BCUT2D eigenvalue weighted by atomic mass is 32.2. The van der Waals surface area contributed by atoms with Crippen molar-refractivity contribution in [3.05, 3.63) is 40.2 Å². The van der Waals surface area contributed by atoms with Gasteiger partial charge in [-0.05, 0) is 30.5 Å². The number of H-pyrrole nitrogens is 1. The zero-order chi connectivity index (χ0) is 23.9.